The third-order valence-corrected chi connectivity index (χ3v) is 3.51. The predicted octanol–water partition coefficient (Wildman–Crippen LogP) is 2.49. The van der Waals surface area contributed by atoms with Gasteiger partial charge in [0.15, 0.2) is 0 Å². The van der Waals surface area contributed by atoms with E-state index in [0.29, 0.717) is 0 Å². The first-order valence-corrected chi connectivity index (χ1v) is 4.32. The topological polar surface area (TPSA) is 48.8 Å². The van der Waals surface area contributed by atoms with Crippen LogP contribution in [0.3, 0.4) is 0 Å². The van der Waals surface area contributed by atoms with Crippen molar-refractivity contribution in [2.75, 3.05) is 4.43 Å². The molecule has 0 amide bonds. The molecule has 40 valence electrons. The molecule has 0 aliphatic heterocycles. The second-order valence-electron chi connectivity index (χ2n) is 0.794. The molecule has 0 aromatic carbocycles. The van der Waals surface area contributed by atoms with E-state index in [9.17, 15) is 0 Å². The molecule has 0 fully saturated rings. The maximum absolute atomic E-state index is 7.82. The van der Waals surface area contributed by atoms with Crippen LogP contribution < -0.4 is 0 Å². The summed E-state index contributed by atoms with van der Waals surface area (Å²) in [7, 11) is 0. The van der Waals surface area contributed by atoms with Gasteiger partial charge in [-0.05, 0) is 5.53 Å². The van der Waals surface area contributed by atoms with Crippen LogP contribution in [0.25, 0.3) is 10.4 Å². The smallest absolute Gasteiger partial charge is 0.0851 e. The van der Waals surface area contributed by atoms with Crippen molar-refractivity contribution < 1.29 is 0 Å². The van der Waals surface area contributed by atoms with Crippen molar-refractivity contribution in [3.8, 4) is 0 Å². The van der Waals surface area contributed by atoms with E-state index in [0.717, 1.165) is 4.43 Å². The van der Waals surface area contributed by atoms with Crippen molar-refractivity contribution in [2.45, 2.75) is 4.05 Å². The predicted molar refractivity (Wildman–Crippen MR) is 45.8 cm³/mol. The summed E-state index contributed by atoms with van der Waals surface area (Å²) in [5.41, 5.74) is 7.82. The fourth-order valence-corrected chi connectivity index (χ4v) is 0.374. The zero-order chi connectivity index (χ0) is 5.70. The van der Waals surface area contributed by atoms with E-state index in [4.69, 9.17) is 5.53 Å². The van der Waals surface area contributed by atoms with Gasteiger partial charge in [0.05, 0.1) is 4.05 Å². The van der Waals surface area contributed by atoms with Crippen LogP contribution >= 0.6 is 45.2 Å². The summed E-state index contributed by atoms with van der Waals surface area (Å²) in [6.45, 7) is 0. The lowest BCUT2D eigenvalue weighted by molar-refractivity contribution is 1.10. The van der Waals surface area contributed by atoms with Crippen molar-refractivity contribution >= 4 is 45.2 Å². The molecule has 0 spiro atoms. The van der Waals surface area contributed by atoms with E-state index in [2.05, 4.69) is 55.2 Å². The number of halogens is 2. The van der Waals surface area contributed by atoms with Gasteiger partial charge in [-0.2, -0.15) is 0 Å². The maximum atomic E-state index is 7.82. The van der Waals surface area contributed by atoms with E-state index in [1.54, 1.807) is 0 Å². The van der Waals surface area contributed by atoms with Crippen LogP contribution in [-0.4, -0.2) is 8.48 Å². The highest BCUT2D eigenvalue weighted by Gasteiger charge is 1.91. The molecule has 7 heavy (non-hydrogen) atoms. The molecule has 0 N–H and O–H groups in total. The van der Waals surface area contributed by atoms with Crippen molar-refractivity contribution in [2.24, 2.45) is 5.11 Å². The third-order valence-electron chi connectivity index (χ3n) is 0.304. The fourth-order valence-electron chi connectivity index (χ4n) is 0.0869. The van der Waals surface area contributed by atoms with Crippen molar-refractivity contribution in [3.63, 3.8) is 0 Å². The summed E-state index contributed by atoms with van der Waals surface area (Å²) in [5.74, 6) is 0. The molecule has 0 rings (SSSR count). The molecule has 0 aliphatic carbocycles. The van der Waals surface area contributed by atoms with Gasteiger partial charge in [0.2, 0.25) is 0 Å². The first-order chi connectivity index (χ1) is 3.31. The lowest BCUT2D eigenvalue weighted by Crippen LogP contribution is -1.88. The molecule has 0 aliphatic rings. The van der Waals surface area contributed by atoms with Gasteiger partial charge in [0, 0.05) is 9.34 Å². The summed E-state index contributed by atoms with van der Waals surface area (Å²) in [4.78, 5) is 2.62. The minimum Gasteiger partial charge on any atom is -0.0851 e. The number of azide groups is 1. The Morgan fingerprint density at radius 2 is 2.43 bits per heavy atom. The SMILES string of the molecule is [N-]=[N+]=NC(I)CI. The lowest BCUT2D eigenvalue weighted by atomic mass is 10.8. The standard InChI is InChI=1S/C2H3I2N3/c3-1-2(4)6-7-5/h2H,1H2. The summed E-state index contributed by atoms with van der Waals surface area (Å²) < 4.78 is 0.991. The van der Waals surface area contributed by atoms with Gasteiger partial charge in [-0.25, -0.2) is 0 Å². The lowest BCUT2D eigenvalue weighted by Gasteiger charge is -1.88. The minimum atomic E-state index is 0.114. The van der Waals surface area contributed by atoms with Gasteiger partial charge in [0.1, 0.15) is 0 Å². The third kappa shape index (κ3) is 4.63. The highest BCUT2D eigenvalue weighted by molar-refractivity contribution is 14.1. The van der Waals surface area contributed by atoms with Gasteiger partial charge in [-0.3, -0.25) is 0 Å². The zero-order valence-corrected chi connectivity index (χ0v) is 7.70. The summed E-state index contributed by atoms with van der Waals surface area (Å²) >= 11 is 4.24. The number of rotatable bonds is 2. The van der Waals surface area contributed by atoms with Crippen molar-refractivity contribution in [1.82, 2.24) is 0 Å². The average molecular weight is 323 g/mol. The van der Waals surface area contributed by atoms with Crippen molar-refractivity contribution in [1.29, 1.82) is 0 Å². The number of nitrogens with zero attached hydrogens (tertiary/aromatic N) is 3. The molecule has 0 radical (unpaired) electrons. The summed E-state index contributed by atoms with van der Waals surface area (Å²) in [5, 5.41) is 3.40. The second-order valence-corrected chi connectivity index (χ2v) is 3.11. The largest absolute Gasteiger partial charge is 0.0984 e. The fraction of sp³-hybridized carbons (Fsp3) is 1.00. The molecule has 0 saturated carbocycles. The number of hydrogen-bond acceptors (Lipinski definition) is 1. The Hall–Kier alpha value is 0.770. The van der Waals surface area contributed by atoms with Crippen molar-refractivity contribution in [3.05, 3.63) is 10.4 Å². The van der Waals surface area contributed by atoms with E-state index in [-0.39, 0.29) is 4.05 Å². The van der Waals surface area contributed by atoms with Crippen LogP contribution in [0.4, 0.5) is 0 Å². The molecule has 0 heterocycles. The van der Waals surface area contributed by atoms with Gasteiger partial charge in [-0.1, -0.05) is 50.3 Å². The molecule has 0 saturated heterocycles. The van der Waals surface area contributed by atoms with Crippen LogP contribution in [0.2, 0.25) is 0 Å². The zero-order valence-electron chi connectivity index (χ0n) is 3.38. The molecular weight excluding hydrogens is 320 g/mol. The Kier molecular flexibility index (Phi) is 5.46. The highest BCUT2D eigenvalue weighted by atomic mass is 127. The Labute approximate surface area is 68.8 Å². The maximum Gasteiger partial charge on any atom is 0.0984 e. The molecule has 1 atom stereocenters. The Morgan fingerprint density at radius 3 is 2.57 bits per heavy atom. The van der Waals surface area contributed by atoms with Gasteiger partial charge >= 0.3 is 0 Å². The average Bonchev–Trinajstić information content (AvgIpc) is 1.68. The quantitative estimate of drug-likeness (QED) is 0.187. The molecule has 0 aromatic rings. The van der Waals surface area contributed by atoms with E-state index >= 15 is 0 Å². The van der Waals surface area contributed by atoms with E-state index in [1.165, 1.54) is 0 Å². The first kappa shape index (κ1) is 7.77. The Balaban J connectivity index is 3.35. The first-order valence-electron chi connectivity index (χ1n) is 1.55. The van der Waals surface area contributed by atoms with Crippen LogP contribution in [0.1, 0.15) is 0 Å². The minimum absolute atomic E-state index is 0.114. The molecule has 0 bridgehead atoms. The summed E-state index contributed by atoms with van der Waals surface area (Å²) in [6.07, 6.45) is 0. The van der Waals surface area contributed by atoms with Gasteiger partial charge in [0.25, 0.3) is 0 Å². The van der Waals surface area contributed by atoms with Crippen LogP contribution in [0.5, 0.6) is 0 Å². The van der Waals surface area contributed by atoms with Gasteiger partial charge < -0.3 is 0 Å². The Morgan fingerprint density at radius 1 is 1.86 bits per heavy atom. The summed E-state index contributed by atoms with van der Waals surface area (Å²) in [6, 6.07) is 0. The Bertz CT molecular complexity index is 86.9. The number of alkyl halides is 2. The molecule has 5 heteroatoms. The highest BCUT2D eigenvalue weighted by Crippen LogP contribution is 2.05. The van der Waals surface area contributed by atoms with E-state index in [1.807, 2.05) is 0 Å². The van der Waals surface area contributed by atoms with Crippen LogP contribution in [0.15, 0.2) is 5.11 Å². The second kappa shape index (κ2) is 4.92. The molecule has 1 unspecified atom stereocenters. The number of hydrogen-bond donors (Lipinski definition) is 0. The monoisotopic (exact) mass is 323 g/mol. The molecule has 3 nitrogen and oxygen atoms in total. The molecular formula is C2H3I2N3. The van der Waals surface area contributed by atoms with Crippen LogP contribution in [0, 0.1) is 0 Å². The molecule has 0 aromatic heterocycles. The van der Waals surface area contributed by atoms with E-state index < -0.39 is 0 Å². The van der Waals surface area contributed by atoms with Gasteiger partial charge in [-0.15, -0.1) is 0 Å². The van der Waals surface area contributed by atoms with Crippen LogP contribution in [-0.2, 0) is 0 Å². The normalized spacial score (nSPS) is 12.3.